The minimum atomic E-state index is -0.148. The van der Waals surface area contributed by atoms with Gasteiger partial charge in [0.05, 0.1) is 15.7 Å². The van der Waals surface area contributed by atoms with Gasteiger partial charge in [-0.2, -0.15) is 0 Å². The molecule has 2 heterocycles. The number of aryl methyl sites for hydroxylation is 1. The van der Waals surface area contributed by atoms with Crippen LogP contribution in [-0.2, 0) is 6.54 Å². The summed E-state index contributed by atoms with van der Waals surface area (Å²) in [6.45, 7) is 2.91. The van der Waals surface area contributed by atoms with E-state index in [1.807, 2.05) is 17.8 Å². The highest BCUT2D eigenvalue weighted by atomic mass is 35.5. The van der Waals surface area contributed by atoms with E-state index in [2.05, 4.69) is 22.2 Å². The molecular formula is C12H14Cl2N4. The third-order valence-electron chi connectivity index (χ3n) is 2.74. The van der Waals surface area contributed by atoms with Crippen molar-refractivity contribution in [2.24, 2.45) is 0 Å². The molecule has 0 bridgehead atoms. The molecule has 1 unspecified atom stereocenters. The molecule has 0 radical (unpaired) electrons. The van der Waals surface area contributed by atoms with E-state index >= 15 is 0 Å². The molecule has 0 aromatic carbocycles. The lowest BCUT2D eigenvalue weighted by Gasteiger charge is -2.17. The monoisotopic (exact) mass is 284 g/mol. The Hall–Kier alpha value is -1.10. The molecule has 0 fully saturated rings. The Morgan fingerprint density at radius 3 is 2.78 bits per heavy atom. The fourth-order valence-electron chi connectivity index (χ4n) is 1.87. The highest BCUT2D eigenvalue weighted by Gasteiger charge is 2.21. The number of aromatic nitrogens is 3. The molecule has 1 atom stereocenters. The molecule has 0 amide bonds. The van der Waals surface area contributed by atoms with Gasteiger partial charge >= 0.3 is 0 Å². The van der Waals surface area contributed by atoms with Gasteiger partial charge in [-0.1, -0.05) is 23.2 Å². The van der Waals surface area contributed by atoms with Gasteiger partial charge < -0.3 is 9.88 Å². The zero-order valence-electron chi connectivity index (χ0n) is 10.2. The SMILES string of the molecule is CCn1ccnc1C(NC)c1ncc(Cl)cc1Cl. The summed E-state index contributed by atoms with van der Waals surface area (Å²) in [5, 5.41) is 4.24. The number of nitrogens with one attached hydrogen (secondary N) is 1. The van der Waals surface area contributed by atoms with E-state index in [9.17, 15) is 0 Å². The largest absolute Gasteiger partial charge is 0.334 e. The topological polar surface area (TPSA) is 42.7 Å². The lowest BCUT2D eigenvalue weighted by Crippen LogP contribution is -2.23. The van der Waals surface area contributed by atoms with Crippen molar-refractivity contribution in [3.63, 3.8) is 0 Å². The molecule has 2 rings (SSSR count). The van der Waals surface area contributed by atoms with E-state index in [1.165, 1.54) is 0 Å². The van der Waals surface area contributed by atoms with Crippen LogP contribution in [0.5, 0.6) is 0 Å². The number of halogens is 2. The molecule has 0 saturated heterocycles. The first-order chi connectivity index (χ1) is 8.67. The number of hydrogen-bond acceptors (Lipinski definition) is 3. The van der Waals surface area contributed by atoms with Crippen molar-refractivity contribution in [2.75, 3.05) is 7.05 Å². The van der Waals surface area contributed by atoms with Crippen molar-refractivity contribution in [1.29, 1.82) is 0 Å². The standard InChI is InChI=1S/C12H14Cl2N4/c1-3-18-5-4-16-12(18)11(15-2)10-9(14)6-8(13)7-17-10/h4-7,11,15H,3H2,1-2H3. The molecule has 0 aliphatic heterocycles. The predicted octanol–water partition coefficient (Wildman–Crippen LogP) is 2.91. The molecule has 96 valence electrons. The van der Waals surface area contributed by atoms with Crippen LogP contribution in [-0.4, -0.2) is 21.6 Å². The third-order valence-corrected chi connectivity index (χ3v) is 3.25. The third kappa shape index (κ3) is 2.51. The Bertz CT molecular complexity index is 539. The van der Waals surface area contributed by atoms with Gasteiger partial charge in [0.15, 0.2) is 0 Å². The zero-order valence-corrected chi connectivity index (χ0v) is 11.7. The predicted molar refractivity (Wildman–Crippen MR) is 73.1 cm³/mol. The summed E-state index contributed by atoms with van der Waals surface area (Å²) in [4.78, 5) is 8.67. The van der Waals surface area contributed by atoms with Crippen molar-refractivity contribution in [3.05, 3.63) is 46.2 Å². The minimum absolute atomic E-state index is 0.148. The zero-order chi connectivity index (χ0) is 13.1. The quantitative estimate of drug-likeness (QED) is 0.939. The molecule has 2 aromatic heterocycles. The van der Waals surface area contributed by atoms with Crippen LogP contribution >= 0.6 is 23.2 Å². The Kier molecular flexibility index (Phi) is 4.22. The second kappa shape index (κ2) is 5.69. The van der Waals surface area contributed by atoms with Crippen LogP contribution < -0.4 is 5.32 Å². The molecule has 0 aliphatic carbocycles. The van der Waals surface area contributed by atoms with Crippen molar-refractivity contribution in [2.45, 2.75) is 19.5 Å². The van der Waals surface area contributed by atoms with Gasteiger partial charge in [0, 0.05) is 25.1 Å². The van der Waals surface area contributed by atoms with Gasteiger partial charge in [0.2, 0.25) is 0 Å². The molecular weight excluding hydrogens is 271 g/mol. The van der Waals surface area contributed by atoms with Gasteiger partial charge in [-0.05, 0) is 20.0 Å². The summed E-state index contributed by atoms with van der Waals surface area (Å²) < 4.78 is 2.05. The molecule has 1 N–H and O–H groups in total. The van der Waals surface area contributed by atoms with Gasteiger partial charge in [-0.3, -0.25) is 4.98 Å². The van der Waals surface area contributed by atoms with Crippen LogP contribution in [0.2, 0.25) is 10.0 Å². The number of rotatable bonds is 4. The molecule has 18 heavy (non-hydrogen) atoms. The van der Waals surface area contributed by atoms with Crippen molar-refractivity contribution < 1.29 is 0 Å². The summed E-state index contributed by atoms with van der Waals surface area (Å²) >= 11 is 12.1. The minimum Gasteiger partial charge on any atom is -0.334 e. The summed E-state index contributed by atoms with van der Waals surface area (Å²) in [6.07, 6.45) is 5.29. The lowest BCUT2D eigenvalue weighted by atomic mass is 10.1. The van der Waals surface area contributed by atoms with Gasteiger partial charge in [-0.25, -0.2) is 4.98 Å². The first kappa shape index (κ1) is 13.3. The highest BCUT2D eigenvalue weighted by molar-refractivity contribution is 6.34. The average molecular weight is 285 g/mol. The smallest absolute Gasteiger partial charge is 0.132 e. The first-order valence-corrected chi connectivity index (χ1v) is 6.42. The number of pyridine rings is 1. The molecule has 4 nitrogen and oxygen atoms in total. The number of nitrogens with zero attached hydrogens (tertiary/aromatic N) is 3. The van der Waals surface area contributed by atoms with E-state index in [0.29, 0.717) is 10.0 Å². The Labute approximate surface area is 116 Å². The van der Waals surface area contributed by atoms with E-state index < -0.39 is 0 Å². The van der Waals surface area contributed by atoms with Gasteiger partial charge in [0.25, 0.3) is 0 Å². The molecule has 0 aliphatic rings. The fourth-order valence-corrected chi connectivity index (χ4v) is 2.36. The normalized spacial score (nSPS) is 12.7. The fraction of sp³-hybridized carbons (Fsp3) is 0.333. The summed E-state index contributed by atoms with van der Waals surface area (Å²) in [6, 6.07) is 1.54. The van der Waals surface area contributed by atoms with E-state index in [1.54, 1.807) is 18.5 Å². The molecule has 2 aromatic rings. The van der Waals surface area contributed by atoms with Crippen molar-refractivity contribution in [3.8, 4) is 0 Å². The average Bonchev–Trinajstić information content (AvgIpc) is 2.81. The maximum atomic E-state index is 6.19. The summed E-state index contributed by atoms with van der Waals surface area (Å²) in [5.41, 5.74) is 0.726. The number of hydrogen-bond donors (Lipinski definition) is 1. The van der Waals surface area contributed by atoms with E-state index in [4.69, 9.17) is 23.2 Å². The Balaban J connectivity index is 2.45. The Morgan fingerprint density at radius 2 is 2.17 bits per heavy atom. The van der Waals surface area contributed by atoms with Crippen LogP contribution in [0.1, 0.15) is 24.5 Å². The second-order valence-electron chi connectivity index (χ2n) is 3.81. The van der Waals surface area contributed by atoms with E-state index in [-0.39, 0.29) is 6.04 Å². The maximum Gasteiger partial charge on any atom is 0.132 e. The van der Waals surface area contributed by atoms with Crippen molar-refractivity contribution in [1.82, 2.24) is 19.9 Å². The Morgan fingerprint density at radius 1 is 1.39 bits per heavy atom. The van der Waals surface area contributed by atoms with Crippen LogP contribution in [0.25, 0.3) is 0 Å². The van der Waals surface area contributed by atoms with E-state index in [0.717, 1.165) is 18.1 Å². The maximum absolute atomic E-state index is 6.19. The van der Waals surface area contributed by atoms with Crippen molar-refractivity contribution >= 4 is 23.2 Å². The van der Waals surface area contributed by atoms with Crippen LogP contribution in [0.15, 0.2) is 24.7 Å². The number of imidazole rings is 1. The molecule has 6 heteroatoms. The molecule has 0 spiro atoms. The van der Waals surface area contributed by atoms with Crippen LogP contribution in [0.3, 0.4) is 0 Å². The van der Waals surface area contributed by atoms with Gasteiger partial charge in [0.1, 0.15) is 11.9 Å². The lowest BCUT2D eigenvalue weighted by molar-refractivity contribution is 0.579. The van der Waals surface area contributed by atoms with Crippen LogP contribution in [0, 0.1) is 0 Å². The summed E-state index contributed by atoms with van der Waals surface area (Å²) in [5.74, 6) is 0.886. The summed E-state index contributed by atoms with van der Waals surface area (Å²) in [7, 11) is 1.85. The second-order valence-corrected chi connectivity index (χ2v) is 4.66. The van der Waals surface area contributed by atoms with Crippen LogP contribution in [0.4, 0.5) is 0 Å². The highest BCUT2D eigenvalue weighted by Crippen LogP contribution is 2.27. The van der Waals surface area contributed by atoms with Gasteiger partial charge in [-0.15, -0.1) is 0 Å². The first-order valence-electron chi connectivity index (χ1n) is 5.66. The molecule has 0 saturated carbocycles.